The minimum absolute atomic E-state index is 0.489. The third-order valence-corrected chi connectivity index (χ3v) is 3.26. The zero-order valence-corrected chi connectivity index (χ0v) is 11.2. The average molecular weight is 286 g/mol. The van der Waals surface area contributed by atoms with Crippen LogP contribution in [0, 0.1) is 0 Å². The molecule has 2 aromatic heterocycles. The number of aliphatic hydroxyl groups excluding tert-OH is 1. The Labute approximate surface area is 121 Å². The van der Waals surface area contributed by atoms with Crippen LogP contribution in [0.15, 0.2) is 55.0 Å². The third-order valence-electron chi connectivity index (χ3n) is 3.01. The fraction of sp³-hybridized carbons (Fsp3) is 0.0667. The molecule has 0 amide bonds. The first kappa shape index (κ1) is 12.8. The van der Waals surface area contributed by atoms with Gasteiger partial charge in [0.1, 0.15) is 11.9 Å². The molecule has 0 radical (unpaired) electrons. The largest absolute Gasteiger partial charge is 0.380 e. The molecular weight excluding hydrogens is 274 g/mol. The zero-order chi connectivity index (χ0) is 13.9. The van der Waals surface area contributed by atoms with Crippen molar-refractivity contribution >= 4 is 11.6 Å². The molecule has 1 aromatic carbocycles. The van der Waals surface area contributed by atoms with Crippen molar-refractivity contribution in [3.05, 3.63) is 71.4 Å². The van der Waals surface area contributed by atoms with Crippen LogP contribution < -0.4 is 0 Å². The Hall–Kier alpha value is -2.17. The van der Waals surface area contributed by atoms with Crippen LogP contribution >= 0.6 is 11.6 Å². The number of aromatic nitrogens is 3. The van der Waals surface area contributed by atoms with Gasteiger partial charge in [-0.2, -0.15) is 0 Å². The molecular formula is C15H12ClN3O. The van der Waals surface area contributed by atoms with Crippen molar-refractivity contribution in [3.8, 4) is 11.3 Å². The Balaban J connectivity index is 1.89. The quantitative estimate of drug-likeness (QED) is 0.777. The smallest absolute Gasteiger partial charge is 0.140 e. The molecule has 0 saturated carbocycles. The second-order valence-electron chi connectivity index (χ2n) is 4.38. The number of nitrogens with one attached hydrogen (secondary N) is 1. The van der Waals surface area contributed by atoms with Gasteiger partial charge in [-0.05, 0) is 23.8 Å². The number of benzene rings is 1. The first-order valence-corrected chi connectivity index (χ1v) is 6.50. The number of hydrogen-bond donors (Lipinski definition) is 2. The fourth-order valence-electron chi connectivity index (χ4n) is 1.95. The number of H-pyrrole nitrogens is 1. The van der Waals surface area contributed by atoms with Crippen molar-refractivity contribution in [2.24, 2.45) is 0 Å². The highest BCUT2D eigenvalue weighted by Crippen LogP contribution is 2.23. The van der Waals surface area contributed by atoms with Crippen molar-refractivity contribution < 1.29 is 5.11 Å². The van der Waals surface area contributed by atoms with Crippen LogP contribution in [-0.4, -0.2) is 20.1 Å². The van der Waals surface area contributed by atoms with Gasteiger partial charge in [0.15, 0.2) is 0 Å². The summed E-state index contributed by atoms with van der Waals surface area (Å²) in [4.78, 5) is 11.3. The minimum atomic E-state index is -0.815. The molecule has 100 valence electrons. The molecule has 0 aliphatic rings. The van der Waals surface area contributed by atoms with Crippen molar-refractivity contribution in [1.29, 1.82) is 0 Å². The lowest BCUT2D eigenvalue weighted by molar-refractivity contribution is 0.210. The lowest BCUT2D eigenvalue weighted by Gasteiger charge is -2.06. The molecule has 0 aliphatic carbocycles. The molecule has 4 nitrogen and oxygen atoms in total. The van der Waals surface area contributed by atoms with Crippen LogP contribution in [0.1, 0.15) is 17.5 Å². The van der Waals surface area contributed by atoms with Gasteiger partial charge < -0.3 is 10.1 Å². The predicted molar refractivity (Wildman–Crippen MR) is 77.3 cm³/mol. The van der Waals surface area contributed by atoms with Crippen LogP contribution in [0.3, 0.4) is 0 Å². The third kappa shape index (κ3) is 2.57. The Morgan fingerprint density at radius 1 is 1.10 bits per heavy atom. The van der Waals surface area contributed by atoms with Crippen molar-refractivity contribution in [2.45, 2.75) is 6.10 Å². The summed E-state index contributed by atoms with van der Waals surface area (Å²) in [6, 6.07) is 11.0. The summed E-state index contributed by atoms with van der Waals surface area (Å²) < 4.78 is 0. The summed E-state index contributed by atoms with van der Waals surface area (Å²) >= 11 is 5.86. The van der Waals surface area contributed by atoms with E-state index >= 15 is 0 Å². The van der Waals surface area contributed by atoms with Gasteiger partial charge in [-0.3, -0.25) is 4.98 Å². The number of aromatic amines is 1. The highest BCUT2D eigenvalue weighted by molar-refractivity contribution is 6.30. The molecule has 0 spiro atoms. The lowest BCUT2D eigenvalue weighted by Crippen LogP contribution is -2.02. The molecule has 3 rings (SSSR count). The van der Waals surface area contributed by atoms with E-state index in [-0.39, 0.29) is 0 Å². The maximum absolute atomic E-state index is 10.2. The van der Waals surface area contributed by atoms with Crippen LogP contribution in [-0.2, 0) is 0 Å². The summed E-state index contributed by atoms with van der Waals surface area (Å²) in [7, 11) is 0. The summed E-state index contributed by atoms with van der Waals surface area (Å²) in [6.45, 7) is 0. The second kappa shape index (κ2) is 5.45. The predicted octanol–water partition coefficient (Wildman–Crippen LogP) is 3.21. The van der Waals surface area contributed by atoms with Crippen LogP contribution in [0.2, 0.25) is 5.02 Å². The van der Waals surface area contributed by atoms with Gasteiger partial charge in [-0.15, -0.1) is 0 Å². The topological polar surface area (TPSA) is 61.8 Å². The molecule has 3 aromatic rings. The highest BCUT2D eigenvalue weighted by Gasteiger charge is 2.14. The maximum atomic E-state index is 10.2. The van der Waals surface area contributed by atoms with Gasteiger partial charge in [0.25, 0.3) is 0 Å². The zero-order valence-electron chi connectivity index (χ0n) is 10.5. The van der Waals surface area contributed by atoms with E-state index in [1.165, 1.54) is 0 Å². The number of rotatable bonds is 3. The van der Waals surface area contributed by atoms with Crippen molar-refractivity contribution in [3.63, 3.8) is 0 Å². The van der Waals surface area contributed by atoms with E-state index in [2.05, 4.69) is 15.0 Å². The number of imidazole rings is 1. The Bertz CT molecular complexity index is 695. The monoisotopic (exact) mass is 285 g/mol. The minimum Gasteiger partial charge on any atom is -0.380 e. The Morgan fingerprint density at radius 3 is 2.60 bits per heavy atom. The average Bonchev–Trinajstić information content (AvgIpc) is 2.98. The fourth-order valence-corrected chi connectivity index (χ4v) is 2.07. The van der Waals surface area contributed by atoms with Gasteiger partial charge in [0.05, 0.1) is 11.9 Å². The van der Waals surface area contributed by atoms with Gasteiger partial charge in [-0.25, -0.2) is 4.98 Å². The first-order chi connectivity index (χ1) is 9.74. The van der Waals surface area contributed by atoms with Gasteiger partial charge >= 0.3 is 0 Å². The van der Waals surface area contributed by atoms with Gasteiger partial charge in [-0.1, -0.05) is 29.8 Å². The standard InChI is InChI=1S/C15H12ClN3O/c16-12-5-3-10(4-6-12)13-9-18-15(19-13)14(20)11-2-1-7-17-8-11/h1-9,14,20H,(H,18,19). The van der Waals surface area contributed by atoms with E-state index in [0.717, 1.165) is 11.3 Å². The van der Waals surface area contributed by atoms with Crippen molar-refractivity contribution in [2.75, 3.05) is 0 Å². The number of hydrogen-bond acceptors (Lipinski definition) is 3. The first-order valence-electron chi connectivity index (χ1n) is 6.13. The van der Waals surface area contributed by atoms with E-state index in [1.54, 1.807) is 24.7 Å². The lowest BCUT2D eigenvalue weighted by atomic mass is 10.1. The molecule has 2 N–H and O–H groups in total. The normalized spacial score (nSPS) is 12.3. The number of halogens is 1. The van der Waals surface area contributed by atoms with Crippen LogP contribution in [0.5, 0.6) is 0 Å². The second-order valence-corrected chi connectivity index (χ2v) is 4.81. The molecule has 5 heteroatoms. The van der Waals surface area contributed by atoms with Crippen LogP contribution in [0.4, 0.5) is 0 Å². The Kier molecular flexibility index (Phi) is 3.50. The van der Waals surface area contributed by atoms with E-state index in [1.807, 2.05) is 30.3 Å². The summed E-state index contributed by atoms with van der Waals surface area (Å²) in [5.41, 5.74) is 2.50. The molecule has 0 fully saturated rings. The van der Waals surface area contributed by atoms with E-state index < -0.39 is 6.10 Å². The van der Waals surface area contributed by atoms with E-state index in [4.69, 9.17) is 11.6 Å². The molecule has 20 heavy (non-hydrogen) atoms. The molecule has 1 unspecified atom stereocenters. The highest BCUT2D eigenvalue weighted by atomic mass is 35.5. The molecule has 1 atom stereocenters. The number of nitrogens with zero attached hydrogens (tertiary/aromatic N) is 2. The summed E-state index contributed by atoms with van der Waals surface area (Å²) in [5, 5.41) is 10.9. The van der Waals surface area contributed by atoms with E-state index in [9.17, 15) is 5.11 Å². The van der Waals surface area contributed by atoms with E-state index in [0.29, 0.717) is 16.4 Å². The van der Waals surface area contributed by atoms with Crippen LogP contribution in [0.25, 0.3) is 11.3 Å². The van der Waals surface area contributed by atoms with Crippen molar-refractivity contribution in [1.82, 2.24) is 15.0 Å². The van der Waals surface area contributed by atoms with Gasteiger partial charge in [0, 0.05) is 23.0 Å². The molecule has 0 saturated heterocycles. The van der Waals surface area contributed by atoms with Gasteiger partial charge in [0.2, 0.25) is 0 Å². The number of aliphatic hydroxyl groups is 1. The molecule has 0 bridgehead atoms. The summed E-state index contributed by atoms with van der Waals surface area (Å²) in [6.07, 6.45) is 4.16. The molecule has 2 heterocycles. The SMILES string of the molecule is OC(c1cccnc1)c1ncc(-c2ccc(Cl)cc2)[nH]1. The molecule has 0 aliphatic heterocycles. The Morgan fingerprint density at radius 2 is 1.90 bits per heavy atom. The maximum Gasteiger partial charge on any atom is 0.140 e. The number of pyridine rings is 1. The summed E-state index contributed by atoms with van der Waals surface area (Å²) in [5.74, 6) is 0.489.